The standard InChI is InChI=1S/C14H20N2O2/c1-3-4-5-9-18-14-7-6-13(16-12-14)11-15-8-10-17-2/h1,6-7,12,15H,4-5,8-11H2,2H3. The molecule has 0 saturated heterocycles. The van der Waals surface area contributed by atoms with E-state index < -0.39 is 0 Å². The molecule has 1 aromatic rings. The first-order chi connectivity index (χ1) is 8.86. The van der Waals surface area contributed by atoms with Crippen LogP contribution >= 0.6 is 0 Å². The lowest BCUT2D eigenvalue weighted by molar-refractivity contribution is 0.199. The van der Waals surface area contributed by atoms with E-state index in [2.05, 4.69) is 16.2 Å². The van der Waals surface area contributed by atoms with Crippen molar-refractivity contribution in [1.29, 1.82) is 0 Å². The average Bonchev–Trinajstić information content (AvgIpc) is 2.41. The second kappa shape index (κ2) is 9.46. The first-order valence-electron chi connectivity index (χ1n) is 6.07. The summed E-state index contributed by atoms with van der Waals surface area (Å²) in [6.45, 7) is 2.90. The summed E-state index contributed by atoms with van der Waals surface area (Å²) in [4.78, 5) is 4.31. The monoisotopic (exact) mass is 248 g/mol. The number of unbranched alkanes of at least 4 members (excludes halogenated alkanes) is 1. The lowest BCUT2D eigenvalue weighted by Crippen LogP contribution is -2.19. The smallest absolute Gasteiger partial charge is 0.137 e. The van der Waals surface area contributed by atoms with Gasteiger partial charge in [-0.2, -0.15) is 0 Å². The normalized spacial score (nSPS) is 10.0. The second-order valence-electron chi connectivity index (χ2n) is 3.81. The molecule has 1 N–H and O–H groups in total. The minimum absolute atomic E-state index is 0.636. The van der Waals surface area contributed by atoms with Crippen molar-refractivity contribution in [2.24, 2.45) is 0 Å². The number of aromatic nitrogens is 1. The molecule has 0 spiro atoms. The van der Waals surface area contributed by atoms with E-state index in [9.17, 15) is 0 Å². The number of methoxy groups -OCH3 is 1. The number of terminal acetylenes is 1. The van der Waals surface area contributed by atoms with Crippen LogP contribution in [0.2, 0.25) is 0 Å². The number of hydrogen-bond acceptors (Lipinski definition) is 4. The van der Waals surface area contributed by atoms with Crippen LogP contribution in [0.1, 0.15) is 18.5 Å². The molecule has 98 valence electrons. The average molecular weight is 248 g/mol. The van der Waals surface area contributed by atoms with Crippen molar-refractivity contribution in [3.05, 3.63) is 24.0 Å². The van der Waals surface area contributed by atoms with Crippen molar-refractivity contribution >= 4 is 0 Å². The third kappa shape index (κ3) is 6.24. The molecule has 0 atom stereocenters. The Morgan fingerprint density at radius 1 is 1.39 bits per heavy atom. The van der Waals surface area contributed by atoms with Gasteiger partial charge in [0.1, 0.15) is 5.75 Å². The van der Waals surface area contributed by atoms with Gasteiger partial charge in [0.15, 0.2) is 0 Å². The zero-order valence-corrected chi connectivity index (χ0v) is 10.8. The van der Waals surface area contributed by atoms with Crippen LogP contribution in [-0.4, -0.2) is 31.9 Å². The molecule has 0 aliphatic heterocycles. The van der Waals surface area contributed by atoms with Gasteiger partial charge in [0.2, 0.25) is 0 Å². The molecule has 0 unspecified atom stereocenters. The van der Waals surface area contributed by atoms with Crippen LogP contribution in [0.4, 0.5) is 0 Å². The highest BCUT2D eigenvalue weighted by molar-refractivity contribution is 5.19. The van der Waals surface area contributed by atoms with Gasteiger partial charge in [0.05, 0.1) is 25.1 Å². The van der Waals surface area contributed by atoms with E-state index in [4.69, 9.17) is 15.9 Å². The Labute approximate surface area is 109 Å². The molecular formula is C14H20N2O2. The molecular weight excluding hydrogens is 228 g/mol. The van der Waals surface area contributed by atoms with Crippen LogP contribution < -0.4 is 10.1 Å². The fourth-order valence-electron chi connectivity index (χ4n) is 1.36. The van der Waals surface area contributed by atoms with Crippen molar-refractivity contribution < 1.29 is 9.47 Å². The van der Waals surface area contributed by atoms with Crippen LogP contribution in [-0.2, 0) is 11.3 Å². The highest BCUT2D eigenvalue weighted by atomic mass is 16.5. The molecule has 18 heavy (non-hydrogen) atoms. The van der Waals surface area contributed by atoms with Gasteiger partial charge in [-0.15, -0.1) is 12.3 Å². The molecule has 0 fully saturated rings. The Hall–Kier alpha value is -1.57. The predicted molar refractivity (Wildman–Crippen MR) is 71.4 cm³/mol. The summed E-state index contributed by atoms with van der Waals surface area (Å²) in [5.74, 6) is 3.37. The van der Waals surface area contributed by atoms with Gasteiger partial charge in [0.25, 0.3) is 0 Å². The van der Waals surface area contributed by atoms with Crippen molar-refractivity contribution in [2.75, 3.05) is 26.9 Å². The maximum absolute atomic E-state index is 5.51. The van der Waals surface area contributed by atoms with Gasteiger partial charge in [-0.25, -0.2) is 0 Å². The van der Waals surface area contributed by atoms with Crippen LogP contribution in [0.25, 0.3) is 0 Å². The summed E-state index contributed by atoms with van der Waals surface area (Å²) in [5.41, 5.74) is 0.988. The molecule has 1 aromatic heterocycles. The van der Waals surface area contributed by atoms with Crippen LogP contribution in [0.3, 0.4) is 0 Å². The lowest BCUT2D eigenvalue weighted by Gasteiger charge is -2.06. The zero-order valence-electron chi connectivity index (χ0n) is 10.8. The summed E-state index contributed by atoms with van der Waals surface area (Å²) in [6.07, 6.45) is 8.52. The van der Waals surface area contributed by atoms with E-state index in [1.54, 1.807) is 13.3 Å². The third-order valence-corrected chi connectivity index (χ3v) is 2.32. The Kier molecular flexibility index (Phi) is 7.61. The number of ether oxygens (including phenoxy) is 2. The molecule has 0 radical (unpaired) electrons. The molecule has 0 amide bonds. The molecule has 1 heterocycles. The first kappa shape index (κ1) is 14.5. The minimum atomic E-state index is 0.636. The van der Waals surface area contributed by atoms with Crippen molar-refractivity contribution in [2.45, 2.75) is 19.4 Å². The Bertz CT molecular complexity index is 357. The minimum Gasteiger partial charge on any atom is -0.492 e. The van der Waals surface area contributed by atoms with Crippen LogP contribution in [0.5, 0.6) is 5.75 Å². The number of nitrogens with one attached hydrogen (secondary N) is 1. The summed E-state index contributed by atoms with van der Waals surface area (Å²) < 4.78 is 10.5. The van der Waals surface area contributed by atoms with E-state index in [0.717, 1.165) is 37.4 Å². The van der Waals surface area contributed by atoms with Gasteiger partial charge in [-0.05, 0) is 18.6 Å². The maximum Gasteiger partial charge on any atom is 0.137 e. The number of pyridine rings is 1. The van der Waals surface area contributed by atoms with Crippen molar-refractivity contribution in [1.82, 2.24) is 10.3 Å². The summed E-state index contributed by atoms with van der Waals surface area (Å²) in [5, 5.41) is 3.23. The number of rotatable bonds is 9. The van der Waals surface area contributed by atoms with Gasteiger partial charge in [0, 0.05) is 26.6 Å². The van der Waals surface area contributed by atoms with E-state index in [0.29, 0.717) is 13.2 Å². The summed E-state index contributed by atoms with van der Waals surface area (Å²) in [7, 11) is 1.69. The first-order valence-corrected chi connectivity index (χ1v) is 6.07. The molecule has 0 aliphatic carbocycles. The van der Waals surface area contributed by atoms with Gasteiger partial charge in [-0.3, -0.25) is 4.98 Å². The van der Waals surface area contributed by atoms with E-state index in [1.807, 2.05) is 12.1 Å². The zero-order chi connectivity index (χ0) is 13.1. The second-order valence-corrected chi connectivity index (χ2v) is 3.81. The number of nitrogens with zero attached hydrogens (tertiary/aromatic N) is 1. The Morgan fingerprint density at radius 3 is 2.94 bits per heavy atom. The van der Waals surface area contributed by atoms with Gasteiger partial charge >= 0.3 is 0 Å². The maximum atomic E-state index is 5.51. The highest BCUT2D eigenvalue weighted by Gasteiger charge is 1.97. The van der Waals surface area contributed by atoms with E-state index >= 15 is 0 Å². The summed E-state index contributed by atoms with van der Waals surface area (Å²) in [6, 6.07) is 3.88. The fraction of sp³-hybridized carbons (Fsp3) is 0.500. The van der Waals surface area contributed by atoms with Gasteiger partial charge < -0.3 is 14.8 Å². The Morgan fingerprint density at radius 2 is 2.28 bits per heavy atom. The predicted octanol–water partition coefficient (Wildman–Crippen LogP) is 1.61. The topological polar surface area (TPSA) is 43.4 Å². The molecule has 1 rings (SSSR count). The summed E-state index contributed by atoms with van der Waals surface area (Å²) >= 11 is 0. The molecule has 0 bridgehead atoms. The largest absolute Gasteiger partial charge is 0.492 e. The highest BCUT2D eigenvalue weighted by Crippen LogP contribution is 2.09. The van der Waals surface area contributed by atoms with E-state index in [1.165, 1.54) is 0 Å². The SMILES string of the molecule is C#CCCCOc1ccc(CNCCOC)nc1. The molecule has 4 nitrogen and oxygen atoms in total. The molecule has 0 saturated carbocycles. The fourth-order valence-corrected chi connectivity index (χ4v) is 1.36. The lowest BCUT2D eigenvalue weighted by atomic mass is 10.3. The van der Waals surface area contributed by atoms with Crippen LogP contribution in [0.15, 0.2) is 18.3 Å². The molecule has 0 aliphatic rings. The van der Waals surface area contributed by atoms with Gasteiger partial charge in [-0.1, -0.05) is 0 Å². The quantitative estimate of drug-likeness (QED) is 0.532. The third-order valence-electron chi connectivity index (χ3n) is 2.32. The molecule has 0 aromatic carbocycles. The molecule has 4 heteroatoms. The number of hydrogen-bond donors (Lipinski definition) is 1. The van der Waals surface area contributed by atoms with Crippen LogP contribution in [0, 0.1) is 12.3 Å². The van der Waals surface area contributed by atoms with Crippen molar-refractivity contribution in [3.8, 4) is 18.1 Å². The Balaban J connectivity index is 2.23. The van der Waals surface area contributed by atoms with E-state index in [-0.39, 0.29) is 0 Å². The van der Waals surface area contributed by atoms with Crippen molar-refractivity contribution in [3.63, 3.8) is 0 Å².